The minimum absolute atomic E-state index is 0.331. The highest BCUT2D eigenvalue weighted by Gasteiger charge is 2.04. The van der Waals surface area contributed by atoms with Gasteiger partial charge in [0, 0.05) is 25.0 Å². The Balaban J connectivity index is 2.88. The number of methoxy groups -OCH3 is 1. The third kappa shape index (κ3) is 2.18. The molecule has 0 aromatic carbocycles. The van der Waals surface area contributed by atoms with Crippen LogP contribution >= 0.6 is 0 Å². The molecule has 1 rings (SSSR count). The molecule has 0 aliphatic heterocycles. The number of esters is 1. The zero-order valence-corrected chi connectivity index (χ0v) is 7.94. The largest absolute Gasteiger partial charge is 0.466 e. The highest BCUT2D eigenvalue weighted by Crippen LogP contribution is 2.04. The molecule has 0 bridgehead atoms. The predicted octanol–water partition coefficient (Wildman–Crippen LogP) is 0.996. The summed E-state index contributed by atoms with van der Waals surface area (Å²) in [5, 5.41) is 0. The van der Waals surface area contributed by atoms with E-state index in [1.807, 2.05) is 17.8 Å². The van der Waals surface area contributed by atoms with Crippen LogP contribution in [0.2, 0.25) is 0 Å². The fourth-order valence-corrected chi connectivity index (χ4v) is 0.930. The van der Waals surface area contributed by atoms with Gasteiger partial charge in [-0.3, -0.25) is 0 Å². The van der Waals surface area contributed by atoms with Crippen molar-refractivity contribution in [2.24, 2.45) is 7.05 Å². The first-order chi connectivity index (χ1) is 6.15. The number of hydrogen-bond acceptors (Lipinski definition) is 3. The number of hydrogen-bond donors (Lipinski definition) is 0. The number of rotatable bonds is 2. The van der Waals surface area contributed by atoms with Gasteiger partial charge in [0.25, 0.3) is 0 Å². The maximum Gasteiger partial charge on any atom is 0.333 e. The van der Waals surface area contributed by atoms with E-state index in [1.54, 1.807) is 19.2 Å². The van der Waals surface area contributed by atoms with Gasteiger partial charge >= 0.3 is 5.97 Å². The van der Waals surface area contributed by atoms with Crippen molar-refractivity contribution in [2.45, 2.75) is 6.92 Å². The Kier molecular flexibility index (Phi) is 2.84. The van der Waals surface area contributed by atoms with E-state index < -0.39 is 0 Å². The summed E-state index contributed by atoms with van der Waals surface area (Å²) in [5.74, 6) is 0.408. The Morgan fingerprint density at radius 1 is 1.69 bits per heavy atom. The second-order valence-electron chi connectivity index (χ2n) is 2.72. The molecule has 70 valence electrons. The van der Waals surface area contributed by atoms with Crippen molar-refractivity contribution in [2.75, 3.05) is 7.11 Å². The van der Waals surface area contributed by atoms with Crippen LogP contribution in [0, 0.1) is 0 Å². The number of ether oxygens (including phenoxy) is 1. The number of nitrogens with zero attached hydrogens (tertiary/aromatic N) is 2. The van der Waals surface area contributed by atoms with Crippen molar-refractivity contribution in [1.29, 1.82) is 0 Å². The third-order valence-electron chi connectivity index (χ3n) is 1.71. The van der Waals surface area contributed by atoms with Crippen LogP contribution in [0.1, 0.15) is 12.7 Å². The predicted molar refractivity (Wildman–Crippen MR) is 48.9 cm³/mol. The molecular formula is C9H12N2O2. The van der Waals surface area contributed by atoms with Crippen LogP contribution in [0.5, 0.6) is 0 Å². The highest BCUT2D eigenvalue weighted by molar-refractivity contribution is 5.92. The summed E-state index contributed by atoms with van der Waals surface area (Å²) in [6.45, 7) is 1.69. The summed E-state index contributed by atoms with van der Waals surface area (Å²) in [4.78, 5) is 15.1. The summed E-state index contributed by atoms with van der Waals surface area (Å²) in [7, 11) is 3.22. The minimum Gasteiger partial charge on any atom is -0.466 e. The number of carbonyl (C=O) groups excluding carboxylic acids is 1. The zero-order chi connectivity index (χ0) is 9.84. The van der Waals surface area contributed by atoms with Crippen LogP contribution in [-0.4, -0.2) is 22.6 Å². The van der Waals surface area contributed by atoms with E-state index in [1.165, 1.54) is 7.11 Å². The average molecular weight is 180 g/mol. The molecule has 0 atom stereocenters. The lowest BCUT2D eigenvalue weighted by molar-refractivity contribution is -0.135. The lowest BCUT2D eigenvalue weighted by Gasteiger charge is -1.98. The van der Waals surface area contributed by atoms with E-state index in [2.05, 4.69) is 9.72 Å². The van der Waals surface area contributed by atoms with Crippen LogP contribution in [0.3, 0.4) is 0 Å². The molecule has 4 heteroatoms. The van der Waals surface area contributed by atoms with E-state index in [4.69, 9.17) is 0 Å². The Morgan fingerprint density at radius 3 is 2.85 bits per heavy atom. The smallest absolute Gasteiger partial charge is 0.333 e. The van der Waals surface area contributed by atoms with E-state index in [-0.39, 0.29) is 5.97 Å². The van der Waals surface area contributed by atoms with Crippen molar-refractivity contribution >= 4 is 12.0 Å². The Hall–Kier alpha value is -1.58. The van der Waals surface area contributed by atoms with Gasteiger partial charge in [-0.2, -0.15) is 0 Å². The average Bonchev–Trinajstić information content (AvgIpc) is 2.50. The van der Waals surface area contributed by atoms with Crippen molar-refractivity contribution in [3.63, 3.8) is 0 Å². The topological polar surface area (TPSA) is 44.1 Å². The van der Waals surface area contributed by atoms with Crippen LogP contribution in [0.4, 0.5) is 0 Å². The first-order valence-corrected chi connectivity index (χ1v) is 3.89. The summed E-state index contributed by atoms with van der Waals surface area (Å²) in [6.07, 6.45) is 5.18. The molecule has 0 amide bonds. The molecule has 0 unspecified atom stereocenters. The molecule has 1 aromatic rings. The number of aryl methyl sites for hydroxylation is 1. The fraction of sp³-hybridized carbons (Fsp3) is 0.333. The van der Waals surface area contributed by atoms with Gasteiger partial charge in [-0.25, -0.2) is 9.78 Å². The molecule has 1 heterocycles. The van der Waals surface area contributed by atoms with Gasteiger partial charge in [-0.1, -0.05) is 0 Å². The molecule has 0 fully saturated rings. The SMILES string of the molecule is COC(=O)/C(C)=C\c1nccn1C. The highest BCUT2D eigenvalue weighted by atomic mass is 16.5. The van der Waals surface area contributed by atoms with Crippen molar-refractivity contribution in [3.05, 3.63) is 23.8 Å². The molecule has 0 saturated heterocycles. The van der Waals surface area contributed by atoms with Gasteiger partial charge in [0.2, 0.25) is 0 Å². The molecule has 0 aliphatic rings. The molecule has 0 N–H and O–H groups in total. The summed E-state index contributed by atoms with van der Waals surface area (Å²) >= 11 is 0. The van der Waals surface area contributed by atoms with Gasteiger partial charge in [0.15, 0.2) is 0 Å². The van der Waals surface area contributed by atoms with Gasteiger partial charge < -0.3 is 9.30 Å². The minimum atomic E-state index is -0.331. The molecular weight excluding hydrogens is 168 g/mol. The normalized spacial score (nSPS) is 11.5. The Bertz CT molecular complexity index is 339. The fourth-order valence-electron chi connectivity index (χ4n) is 0.930. The van der Waals surface area contributed by atoms with Crippen LogP contribution in [0.25, 0.3) is 6.08 Å². The van der Waals surface area contributed by atoms with Crippen molar-refractivity contribution < 1.29 is 9.53 Å². The number of carbonyl (C=O) groups is 1. The molecule has 0 aliphatic carbocycles. The van der Waals surface area contributed by atoms with E-state index in [0.717, 1.165) is 5.82 Å². The molecule has 13 heavy (non-hydrogen) atoms. The van der Waals surface area contributed by atoms with Gasteiger partial charge in [-0.05, 0) is 13.0 Å². The number of aromatic nitrogens is 2. The lowest BCUT2D eigenvalue weighted by atomic mass is 10.3. The van der Waals surface area contributed by atoms with Crippen molar-refractivity contribution in [3.8, 4) is 0 Å². The van der Waals surface area contributed by atoms with Crippen molar-refractivity contribution in [1.82, 2.24) is 9.55 Å². The maximum atomic E-state index is 11.0. The quantitative estimate of drug-likeness (QED) is 0.503. The third-order valence-corrected chi connectivity index (χ3v) is 1.71. The maximum absolute atomic E-state index is 11.0. The molecule has 4 nitrogen and oxygen atoms in total. The molecule has 0 spiro atoms. The zero-order valence-electron chi connectivity index (χ0n) is 7.94. The summed E-state index contributed by atoms with van der Waals surface area (Å²) < 4.78 is 6.38. The van der Waals surface area contributed by atoms with E-state index >= 15 is 0 Å². The second kappa shape index (κ2) is 3.89. The summed E-state index contributed by atoms with van der Waals surface area (Å²) in [6, 6.07) is 0. The van der Waals surface area contributed by atoms with Gasteiger partial charge in [0.1, 0.15) is 5.82 Å². The standard InChI is InChI=1S/C9H12N2O2/c1-7(9(12)13-3)6-8-10-4-5-11(8)2/h4-6H,1-3H3/b7-6-. The second-order valence-corrected chi connectivity index (χ2v) is 2.72. The molecule has 0 radical (unpaired) electrons. The lowest BCUT2D eigenvalue weighted by Crippen LogP contribution is -2.02. The van der Waals surface area contributed by atoms with Gasteiger partial charge in [0.05, 0.1) is 7.11 Å². The molecule has 1 aromatic heterocycles. The van der Waals surface area contributed by atoms with Crippen LogP contribution in [0.15, 0.2) is 18.0 Å². The summed E-state index contributed by atoms with van der Waals surface area (Å²) in [5.41, 5.74) is 0.539. The monoisotopic (exact) mass is 180 g/mol. The van der Waals surface area contributed by atoms with Crippen LogP contribution < -0.4 is 0 Å². The Labute approximate surface area is 76.8 Å². The Morgan fingerprint density at radius 2 is 2.38 bits per heavy atom. The first-order valence-electron chi connectivity index (χ1n) is 3.89. The molecule has 0 saturated carbocycles. The number of imidazole rings is 1. The van der Waals surface area contributed by atoms with E-state index in [9.17, 15) is 4.79 Å². The first kappa shape index (κ1) is 9.51. The van der Waals surface area contributed by atoms with Gasteiger partial charge in [-0.15, -0.1) is 0 Å². The van der Waals surface area contributed by atoms with E-state index in [0.29, 0.717) is 5.57 Å². The van der Waals surface area contributed by atoms with Crippen LogP contribution in [-0.2, 0) is 16.6 Å².